The molecule has 1 aromatic carbocycles. The van der Waals surface area contributed by atoms with Crippen molar-refractivity contribution >= 4 is 28.0 Å². The van der Waals surface area contributed by atoms with Crippen LogP contribution in [0.15, 0.2) is 29.4 Å². The fourth-order valence-corrected chi connectivity index (χ4v) is 4.44. The minimum Gasteiger partial charge on any atom is -0.507 e. The van der Waals surface area contributed by atoms with Crippen molar-refractivity contribution in [1.29, 1.82) is 5.26 Å². The molecule has 6 nitrogen and oxygen atoms in total. The maximum atomic E-state index is 12.5. The molecule has 2 aromatic rings. The van der Waals surface area contributed by atoms with Crippen molar-refractivity contribution in [1.82, 2.24) is 0 Å². The predicted octanol–water partition coefficient (Wildman–Crippen LogP) is 2.95. The number of oxime groups is 1. The highest BCUT2D eigenvalue weighted by Crippen LogP contribution is 2.38. The van der Waals surface area contributed by atoms with Gasteiger partial charge in [-0.15, -0.1) is 11.3 Å². The van der Waals surface area contributed by atoms with Gasteiger partial charge in [-0.2, -0.15) is 5.26 Å². The second kappa shape index (κ2) is 6.22. The Hall–Kier alpha value is -2.85. The van der Waals surface area contributed by atoms with E-state index in [4.69, 9.17) is 4.84 Å². The fourth-order valence-electron chi connectivity index (χ4n) is 3.20. The van der Waals surface area contributed by atoms with Crippen LogP contribution in [0.5, 0.6) is 5.75 Å². The third kappa shape index (κ3) is 2.75. The molecular formula is C18H15N3O3S. The molecule has 0 spiro atoms. The van der Waals surface area contributed by atoms with E-state index in [0.29, 0.717) is 21.8 Å². The van der Waals surface area contributed by atoms with E-state index in [1.165, 1.54) is 16.2 Å². The number of carbonyl (C=O) groups excluding carboxylic acids is 1. The van der Waals surface area contributed by atoms with E-state index in [1.54, 1.807) is 24.3 Å². The van der Waals surface area contributed by atoms with E-state index >= 15 is 0 Å². The Labute approximate surface area is 148 Å². The lowest BCUT2D eigenvalue weighted by molar-refractivity contribution is -0.125. The highest BCUT2D eigenvalue weighted by molar-refractivity contribution is 7.16. The molecule has 126 valence electrons. The van der Waals surface area contributed by atoms with Crippen LogP contribution in [0.25, 0.3) is 0 Å². The number of thiophene rings is 1. The molecule has 0 saturated carbocycles. The topological polar surface area (TPSA) is 94.7 Å². The molecule has 2 heterocycles. The van der Waals surface area contributed by atoms with Gasteiger partial charge < -0.3 is 15.3 Å². The molecule has 7 heteroatoms. The number of para-hydroxylation sites is 1. The van der Waals surface area contributed by atoms with Crippen LogP contribution < -0.4 is 5.32 Å². The number of rotatable bonds is 3. The third-order valence-corrected chi connectivity index (χ3v) is 5.65. The number of fused-ring (bicyclic) bond motifs is 1. The molecule has 0 radical (unpaired) electrons. The number of aryl methyl sites for hydroxylation is 1. The fraction of sp³-hybridized carbons (Fsp3) is 0.278. The summed E-state index contributed by atoms with van der Waals surface area (Å²) in [5, 5.41) is 26.6. The number of phenolic OH excluding ortho intramolecular Hbond substituents is 1. The summed E-state index contributed by atoms with van der Waals surface area (Å²) in [6, 6.07) is 9.02. The van der Waals surface area contributed by atoms with Crippen LogP contribution in [-0.4, -0.2) is 22.8 Å². The first-order valence-electron chi connectivity index (χ1n) is 8.04. The molecule has 1 aromatic heterocycles. The number of hydrogen-bond donors (Lipinski definition) is 2. The number of nitriles is 1. The van der Waals surface area contributed by atoms with Gasteiger partial charge in [-0.3, -0.25) is 4.79 Å². The number of carbonyl (C=O) groups is 1. The molecule has 0 saturated heterocycles. The summed E-state index contributed by atoms with van der Waals surface area (Å²) in [5.74, 6) is -0.224. The van der Waals surface area contributed by atoms with Gasteiger partial charge in [-0.05, 0) is 37.0 Å². The average Bonchev–Trinajstić information content (AvgIpc) is 3.30. The SMILES string of the molecule is N#Cc1c(NC(=O)[C@@H]2CC(c3ccccc3O)=NO2)sc2c1CCC2. The van der Waals surface area contributed by atoms with Gasteiger partial charge in [0.15, 0.2) is 0 Å². The quantitative estimate of drug-likeness (QED) is 0.887. The zero-order chi connectivity index (χ0) is 17.4. The summed E-state index contributed by atoms with van der Waals surface area (Å²) in [4.78, 5) is 18.9. The van der Waals surface area contributed by atoms with Gasteiger partial charge >= 0.3 is 0 Å². The standard InChI is InChI=1S/C18H15N3O3S/c19-9-12-10-5-3-7-16(10)25-18(12)20-17(23)15-8-13(21-24-15)11-4-1-2-6-14(11)22/h1-2,4,6,15,22H,3,5,7-8H2,(H,20,23)/t15-/m0/s1. The molecule has 1 aliphatic carbocycles. The highest BCUT2D eigenvalue weighted by Gasteiger charge is 2.31. The zero-order valence-electron chi connectivity index (χ0n) is 13.3. The van der Waals surface area contributed by atoms with Crippen molar-refractivity contribution in [3.8, 4) is 11.8 Å². The van der Waals surface area contributed by atoms with Crippen LogP contribution in [0.3, 0.4) is 0 Å². The largest absolute Gasteiger partial charge is 0.507 e. The summed E-state index contributed by atoms with van der Waals surface area (Å²) < 4.78 is 0. The number of phenols is 1. The lowest BCUT2D eigenvalue weighted by Crippen LogP contribution is -2.28. The zero-order valence-corrected chi connectivity index (χ0v) is 14.1. The second-order valence-corrected chi connectivity index (χ2v) is 7.12. The van der Waals surface area contributed by atoms with Crippen LogP contribution >= 0.6 is 11.3 Å². The van der Waals surface area contributed by atoms with E-state index < -0.39 is 6.10 Å². The van der Waals surface area contributed by atoms with E-state index in [1.807, 2.05) is 0 Å². The molecule has 1 aliphatic heterocycles. The first-order valence-corrected chi connectivity index (χ1v) is 8.85. The molecule has 0 unspecified atom stereocenters. The summed E-state index contributed by atoms with van der Waals surface area (Å²) in [7, 11) is 0. The van der Waals surface area contributed by atoms with Gasteiger partial charge in [0.1, 0.15) is 16.8 Å². The van der Waals surface area contributed by atoms with Gasteiger partial charge in [0.05, 0.1) is 11.3 Å². The van der Waals surface area contributed by atoms with Crippen molar-refractivity contribution in [2.75, 3.05) is 5.32 Å². The van der Waals surface area contributed by atoms with Crippen LogP contribution in [0.2, 0.25) is 0 Å². The van der Waals surface area contributed by atoms with Gasteiger partial charge in [-0.1, -0.05) is 17.3 Å². The Balaban J connectivity index is 1.48. The molecule has 4 rings (SSSR count). The van der Waals surface area contributed by atoms with Crippen LogP contribution in [-0.2, 0) is 22.5 Å². The Kier molecular flexibility index (Phi) is 3.90. The van der Waals surface area contributed by atoms with E-state index in [9.17, 15) is 15.2 Å². The molecule has 0 bridgehead atoms. The average molecular weight is 353 g/mol. The number of anilines is 1. The molecule has 2 aliphatic rings. The number of nitrogens with zero attached hydrogens (tertiary/aromatic N) is 2. The highest BCUT2D eigenvalue weighted by atomic mass is 32.1. The predicted molar refractivity (Wildman–Crippen MR) is 93.8 cm³/mol. The number of nitrogens with one attached hydrogen (secondary N) is 1. The summed E-state index contributed by atoms with van der Waals surface area (Å²) in [5.41, 5.74) is 2.74. The minimum absolute atomic E-state index is 0.104. The van der Waals surface area contributed by atoms with E-state index in [2.05, 4.69) is 16.5 Å². The van der Waals surface area contributed by atoms with Gasteiger partial charge in [0.25, 0.3) is 5.91 Å². The smallest absolute Gasteiger partial charge is 0.269 e. The minimum atomic E-state index is -0.766. The van der Waals surface area contributed by atoms with E-state index in [0.717, 1.165) is 24.8 Å². The Morgan fingerprint density at radius 2 is 2.24 bits per heavy atom. The maximum absolute atomic E-state index is 12.5. The number of hydrogen-bond acceptors (Lipinski definition) is 6. The molecular weight excluding hydrogens is 338 g/mol. The Bertz CT molecular complexity index is 926. The van der Waals surface area contributed by atoms with Gasteiger partial charge in [0.2, 0.25) is 6.10 Å². The van der Waals surface area contributed by atoms with Gasteiger partial charge in [0, 0.05) is 16.9 Å². The van der Waals surface area contributed by atoms with Crippen molar-refractivity contribution in [3.63, 3.8) is 0 Å². The van der Waals surface area contributed by atoms with Crippen molar-refractivity contribution in [3.05, 3.63) is 45.8 Å². The molecule has 25 heavy (non-hydrogen) atoms. The van der Waals surface area contributed by atoms with Crippen molar-refractivity contribution in [2.45, 2.75) is 31.8 Å². The Morgan fingerprint density at radius 1 is 1.40 bits per heavy atom. The van der Waals surface area contributed by atoms with Crippen molar-refractivity contribution in [2.24, 2.45) is 5.16 Å². The first-order chi connectivity index (χ1) is 12.2. The van der Waals surface area contributed by atoms with Crippen LogP contribution in [0, 0.1) is 11.3 Å². The maximum Gasteiger partial charge on any atom is 0.269 e. The molecule has 0 fully saturated rings. The number of benzene rings is 1. The second-order valence-electron chi connectivity index (χ2n) is 6.02. The lowest BCUT2D eigenvalue weighted by Gasteiger charge is -2.09. The molecule has 2 N–H and O–H groups in total. The summed E-state index contributed by atoms with van der Waals surface area (Å²) >= 11 is 1.47. The van der Waals surface area contributed by atoms with Crippen LogP contribution in [0.1, 0.15) is 34.4 Å². The molecule has 1 atom stereocenters. The van der Waals surface area contributed by atoms with Crippen LogP contribution in [0.4, 0.5) is 5.00 Å². The normalized spacial score (nSPS) is 18.2. The lowest BCUT2D eigenvalue weighted by atomic mass is 10.0. The monoisotopic (exact) mass is 353 g/mol. The molecule has 1 amide bonds. The number of amides is 1. The van der Waals surface area contributed by atoms with E-state index in [-0.39, 0.29) is 18.1 Å². The third-order valence-electron chi connectivity index (χ3n) is 4.45. The van der Waals surface area contributed by atoms with Crippen molar-refractivity contribution < 1.29 is 14.7 Å². The Morgan fingerprint density at radius 3 is 3.04 bits per heavy atom. The summed E-state index contributed by atoms with van der Waals surface area (Å²) in [6.45, 7) is 0. The van der Waals surface area contributed by atoms with Gasteiger partial charge in [-0.25, -0.2) is 0 Å². The number of aromatic hydroxyl groups is 1. The summed E-state index contributed by atoms with van der Waals surface area (Å²) in [6.07, 6.45) is 2.43. The first kappa shape index (κ1) is 15.7.